The molecule has 1 unspecified atom stereocenters. The number of nitrogens with two attached hydrogens (primary N) is 1. The molecule has 1 atom stereocenters. The van der Waals surface area contributed by atoms with E-state index in [2.05, 4.69) is 20.9 Å². The molecule has 3 nitrogen and oxygen atoms in total. The zero-order valence-corrected chi connectivity index (χ0v) is 12.0. The molecule has 0 aliphatic heterocycles. The molecule has 0 aliphatic carbocycles. The van der Waals surface area contributed by atoms with Crippen molar-refractivity contribution in [1.29, 1.82) is 0 Å². The van der Waals surface area contributed by atoms with Crippen LogP contribution >= 0.6 is 15.9 Å². The molecule has 1 aromatic heterocycles. The van der Waals surface area contributed by atoms with Crippen molar-refractivity contribution in [2.45, 2.75) is 12.5 Å². The monoisotopic (exact) mass is 324 g/mol. The summed E-state index contributed by atoms with van der Waals surface area (Å²) in [6.45, 7) is 0. The fourth-order valence-corrected chi connectivity index (χ4v) is 2.47. The number of halogens is 2. The van der Waals surface area contributed by atoms with Crippen molar-refractivity contribution in [3.63, 3.8) is 0 Å². The lowest BCUT2D eigenvalue weighted by atomic mass is 10.00. The first-order valence-electron chi connectivity index (χ1n) is 5.78. The van der Waals surface area contributed by atoms with Gasteiger partial charge < -0.3 is 10.5 Å². The van der Waals surface area contributed by atoms with Gasteiger partial charge in [0.2, 0.25) is 0 Å². The third kappa shape index (κ3) is 3.52. The zero-order chi connectivity index (χ0) is 13.8. The van der Waals surface area contributed by atoms with E-state index in [9.17, 15) is 4.39 Å². The first kappa shape index (κ1) is 14.0. The Hall–Kier alpha value is -1.46. The van der Waals surface area contributed by atoms with E-state index in [1.165, 1.54) is 12.1 Å². The van der Waals surface area contributed by atoms with Crippen molar-refractivity contribution in [3.05, 3.63) is 58.1 Å². The van der Waals surface area contributed by atoms with Gasteiger partial charge in [0.05, 0.1) is 13.3 Å². The quantitative estimate of drug-likeness (QED) is 0.939. The van der Waals surface area contributed by atoms with E-state index in [-0.39, 0.29) is 11.9 Å². The molecular formula is C14H14BrFN2O. The van der Waals surface area contributed by atoms with E-state index < -0.39 is 0 Å². The van der Waals surface area contributed by atoms with Crippen LogP contribution in [0.15, 0.2) is 41.1 Å². The average molecular weight is 325 g/mol. The minimum Gasteiger partial charge on any atom is -0.495 e. The summed E-state index contributed by atoms with van der Waals surface area (Å²) in [5.41, 5.74) is 7.85. The molecule has 1 aromatic carbocycles. The average Bonchev–Trinajstić information content (AvgIpc) is 2.37. The standard InChI is InChI=1S/C14H14BrFN2O/c1-19-14-8-18-3-2-12(14)13(17)6-9-4-10(15)7-11(16)5-9/h2-5,7-8,13H,6,17H2,1H3. The van der Waals surface area contributed by atoms with E-state index in [1.807, 2.05) is 12.1 Å². The van der Waals surface area contributed by atoms with Crippen LogP contribution in [0, 0.1) is 5.82 Å². The highest BCUT2D eigenvalue weighted by atomic mass is 79.9. The molecule has 0 saturated carbocycles. The maximum Gasteiger partial charge on any atom is 0.141 e. The predicted octanol–water partition coefficient (Wildman–Crippen LogP) is 3.23. The van der Waals surface area contributed by atoms with Gasteiger partial charge in [0.15, 0.2) is 0 Å². The Morgan fingerprint density at radius 1 is 1.42 bits per heavy atom. The summed E-state index contributed by atoms with van der Waals surface area (Å²) in [6, 6.07) is 6.31. The van der Waals surface area contributed by atoms with Crippen LogP contribution in [0.25, 0.3) is 0 Å². The molecule has 5 heteroatoms. The number of pyridine rings is 1. The highest BCUT2D eigenvalue weighted by Gasteiger charge is 2.13. The summed E-state index contributed by atoms with van der Waals surface area (Å²) in [5, 5.41) is 0. The first-order chi connectivity index (χ1) is 9.10. The lowest BCUT2D eigenvalue weighted by molar-refractivity contribution is 0.403. The van der Waals surface area contributed by atoms with Crippen molar-refractivity contribution in [2.24, 2.45) is 5.73 Å². The van der Waals surface area contributed by atoms with Gasteiger partial charge in [-0.25, -0.2) is 4.39 Å². The van der Waals surface area contributed by atoms with E-state index >= 15 is 0 Å². The number of nitrogens with zero attached hydrogens (tertiary/aromatic N) is 1. The summed E-state index contributed by atoms with van der Waals surface area (Å²) < 4.78 is 19.3. The number of aromatic nitrogens is 1. The van der Waals surface area contributed by atoms with Crippen molar-refractivity contribution in [3.8, 4) is 5.75 Å². The zero-order valence-electron chi connectivity index (χ0n) is 10.4. The second-order valence-corrected chi connectivity index (χ2v) is 5.12. The third-order valence-corrected chi connectivity index (χ3v) is 3.27. The molecule has 100 valence electrons. The Morgan fingerprint density at radius 2 is 2.21 bits per heavy atom. The molecule has 0 aliphatic rings. The van der Waals surface area contributed by atoms with Crippen LogP contribution in [-0.2, 0) is 6.42 Å². The van der Waals surface area contributed by atoms with E-state index in [1.54, 1.807) is 19.5 Å². The minimum absolute atomic E-state index is 0.272. The normalized spacial score (nSPS) is 12.2. The number of hydrogen-bond acceptors (Lipinski definition) is 3. The van der Waals surface area contributed by atoms with Crippen molar-refractivity contribution < 1.29 is 9.13 Å². The van der Waals surface area contributed by atoms with Gasteiger partial charge in [-0.3, -0.25) is 4.98 Å². The summed E-state index contributed by atoms with van der Waals surface area (Å²) in [4.78, 5) is 3.99. The highest BCUT2D eigenvalue weighted by Crippen LogP contribution is 2.26. The summed E-state index contributed by atoms with van der Waals surface area (Å²) in [7, 11) is 1.58. The van der Waals surface area contributed by atoms with Gasteiger partial charge in [0.1, 0.15) is 11.6 Å². The van der Waals surface area contributed by atoms with E-state index in [4.69, 9.17) is 10.5 Å². The van der Waals surface area contributed by atoms with Gasteiger partial charge in [0, 0.05) is 22.3 Å². The Bertz CT molecular complexity index is 557. The lowest BCUT2D eigenvalue weighted by Gasteiger charge is -2.15. The highest BCUT2D eigenvalue weighted by molar-refractivity contribution is 9.10. The molecule has 2 rings (SSSR count). The maximum atomic E-state index is 13.3. The predicted molar refractivity (Wildman–Crippen MR) is 75.5 cm³/mol. The van der Waals surface area contributed by atoms with Gasteiger partial charge >= 0.3 is 0 Å². The Balaban J connectivity index is 2.22. The molecule has 2 N–H and O–H groups in total. The number of benzene rings is 1. The third-order valence-electron chi connectivity index (χ3n) is 2.81. The SMILES string of the molecule is COc1cnccc1C(N)Cc1cc(F)cc(Br)c1. The second-order valence-electron chi connectivity index (χ2n) is 4.21. The molecule has 1 heterocycles. The van der Waals surface area contributed by atoms with Gasteiger partial charge in [-0.1, -0.05) is 15.9 Å². The summed E-state index contributed by atoms with van der Waals surface area (Å²) in [5.74, 6) is 0.365. The fourth-order valence-electron chi connectivity index (χ4n) is 1.96. The molecule has 0 bridgehead atoms. The number of hydrogen-bond donors (Lipinski definition) is 1. The Kier molecular flexibility index (Phi) is 4.50. The van der Waals surface area contributed by atoms with Crippen LogP contribution in [0.4, 0.5) is 4.39 Å². The van der Waals surface area contributed by atoms with E-state index in [0.29, 0.717) is 16.6 Å². The maximum absolute atomic E-state index is 13.3. The van der Waals surface area contributed by atoms with Crippen LogP contribution in [0.2, 0.25) is 0 Å². The largest absolute Gasteiger partial charge is 0.495 e. The van der Waals surface area contributed by atoms with Crippen LogP contribution in [-0.4, -0.2) is 12.1 Å². The number of rotatable bonds is 4. The molecule has 0 saturated heterocycles. The van der Waals surface area contributed by atoms with Crippen molar-refractivity contribution in [2.75, 3.05) is 7.11 Å². The van der Waals surface area contributed by atoms with Gasteiger partial charge in [-0.05, 0) is 36.2 Å². The molecule has 0 spiro atoms. The van der Waals surface area contributed by atoms with Crippen LogP contribution in [0.3, 0.4) is 0 Å². The van der Waals surface area contributed by atoms with Gasteiger partial charge in [-0.15, -0.1) is 0 Å². The summed E-state index contributed by atoms with van der Waals surface area (Å²) in [6.07, 6.45) is 3.81. The van der Waals surface area contributed by atoms with Crippen LogP contribution < -0.4 is 10.5 Å². The van der Waals surface area contributed by atoms with Gasteiger partial charge in [-0.2, -0.15) is 0 Å². The minimum atomic E-state index is -0.279. The fraction of sp³-hybridized carbons (Fsp3) is 0.214. The Labute approximate surface area is 119 Å². The molecular weight excluding hydrogens is 311 g/mol. The van der Waals surface area contributed by atoms with Crippen LogP contribution in [0.5, 0.6) is 5.75 Å². The topological polar surface area (TPSA) is 48.1 Å². The smallest absolute Gasteiger partial charge is 0.141 e. The molecule has 0 radical (unpaired) electrons. The number of ether oxygens (including phenoxy) is 1. The molecule has 2 aromatic rings. The molecule has 0 fully saturated rings. The second kappa shape index (κ2) is 6.12. The van der Waals surface area contributed by atoms with Crippen molar-refractivity contribution in [1.82, 2.24) is 4.98 Å². The summed E-state index contributed by atoms with van der Waals surface area (Å²) >= 11 is 3.27. The van der Waals surface area contributed by atoms with Gasteiger partial charge in [0.25, 0.3) is 0 Å². The molecule has 0 amide bonds. The molecule has 19 heavy (non-hydrogen) atoms. The lowest BCUT2D eigenvalue weighted by Crippen LogP contribution is -2.14. The first-order valence-corrected chi connectivity index (χ1v) is 6.58. The van der Waals surface area contributed by atoms with Crippen molar-refractivity contribution >= 4 is 15.9 Å². The van der Waals surface area contributed by atoms with E-state index in [0.717, 1.165) is 11.1 Å². The number of methoxy groups -OCH3 is 1. The Morgan fingerprint density at radius 3 is 2.89 bits per heavy atom. The van der Waals surface area contributed by atoms with Crippen LogP contribution in [0.1, 0.15) is 17.2 Å².